The molecule has 0 aliphatic carbocycles. The van der Waals surface area contributed by atoms with Crippen LogP contribution in [-0.4, -0.2) is 36.4 Å². The van der Waals surface area contributed by atoms with Gasteiger partial charge in [-0.2, -0.15) is 13.2 Å². The Labute approximate surface area is 138 Å². The van der Waals surface area contributed by atoms with Gasteiger partial charge in [-0.05, 0) is 31.8 Å². The van der Waals surface area contributed by atoms with Crippen LogP contribution in [0.3, 0.4) is 0 Å². The quantitative estimate of drug-likeness (QED) is 0.912. The number of amides is 1. The molecule has 1 aromatic carbocycles. The highest BCUT2D eigenvalue weighted by Crippen LogP contribution is 2.27. The first kappa shape index (κ1) is 17.9. The lowest BCUT2D eigenvalue weighted by molar-refractivity contribution is -0.141. The van der Waals surface area contributed by atoms with Gasteiger partial charge in [0, 0.05) is 12.7 Å². The molecule has 1 unspecified atom stereocenters. The normalized spacial score (nSPS) is 12.9. The molecule has 1 aromatic heterocycles. The fraction of sp³-hybridized carbons (Fsp3) is 0.294. The molecule has 1 amide bonds. The first-order valence-corrected chi connectivity index (χ1v) is 7.32. The third kappa shape index (κ3) is 4.55. The van der Waals surface area contributed by atoms with Gasteiger partial charge in [0.25, 0.3) is 5.91 Å². The summed E-state index contributed by atoms with van der Waals surface area (Å²) in [7, 11) is 3.78. The summed E-state index contributed by atoms with van der Waals surface area (Å²) in [5, 5.41) is 2.74. The number of aromatic nitrogens is 1. The van der Waals surface area contributed by atoms with Crippen LogP contribution in [0.2, 0.25) is 0 Å². The lowest BCUT2D eigenvalue weighted by atomic mass is 10.1. The molecular weight excluding hydrogens is 319 g/mol. The molecule has 0 bridgehead atoms. The van der Waals surface area contributed by atoms with E-state index in [4.69, 9.17) is 0 Å². The molecule has 0 radical (unpaired) electrons. The van der Waals surface area contributed by atoms with Crippen LogP contribution < -0.4 is 5.32 Å². The Morgan fingerprint density at radius 3 is 2.33 bits per heavy atom. The van der Waals surface area contributed by atoms with E-state index in [0.717, 1.165) is 23.9 Å². The number of nitrogens with one attached hydrogen (secondary N) is 1. The SMILES string of the molecule is CN(C)C(CNC(=O)c1ccc(C(F)(F)F)nc1)c1ccccc1. The van der Waals surface area contributed by atoms with Gasteiger partial charge in [0.1, 0.15) is 5.69 Å². The Bertz CT molecular complexity index is 670. The van der Waals surface area contributed by atoms with Gasteiger partial charge < -0.3 is 10.2 Å². The van der Waals surface area contributed by atoms with Gasteiger partial charge in [-0.3, -0.25) is 9.78 Å². The van der Waals surface area contributed by atoms with Crippen LogP contribution in [0.15, 0.2) is 48.7 Å². The summed E-state index contributed by atoms with van der Waals surface area (Å²) in [6, 6.07) is 11.5. The second-order valence-electron chi connectivity index (χ2n) is 5.53. The fourth-order valence-corrected chi connectivity index (χ4v) is 2.26. The second-order valence-corrected chi connectivity index (χ2v) is 5.53. The Balaban J connectivity index is 2.03. The molecule has 2 aromatic rings. The maximum atomic E-state index is 12.5. The molecule has 0 aliphatic rings. The van der Waals surface area contributed by atoms with Gasteiger partial charge in [-0.1, -0.05) is 30.3 Å². The number of likely N-dealkylation sites (N-methyl/N-ethyl adjacent to an activating group) is 1. The van der Waals surface area contributed by atoms with Gasteiger partial charge in [0.05, 0.1) is 11.6 Å². The number of halogens is 3. The zero-order chi connectivity index (χ0) is 17.7. The first-order valence-electron chi connectivity index (χ1n) is 7.32. The molecule has 1 heterocycles. The molecule has 2 rings (SSSR count). The Hall–Kier alpha value is -2.41. The van der Waals surface area contributed by atoms with E-state index in [0.29, 0.717) is 6.54 Å². The molecule has 128 valence electrons. The van der Waals surface area contributed by atoms with Crippen LogP contribution in [0.5, 0.6) is 0 Å². The monoisotopic (exact) mass is 337 g/mol. The lowest BCUT2D eigenvalue weighted by Gasteiger charge is -2.25. The molecule has 1 atom stereocenters. The summed E-state index contributed by atoms with van der Waals surface area (Å²) < 4.78 is 37.4. The van der Waals surface area contributed by atoms with Crippen LogP contribution in [0, 0.1) is 0 Å². The minimum atomic E-state index is -4.52. The smallest absolute Gasteiger partial charge is 0.350 e. The van der Waals surface area contributed by atoms with E-state index < -0.39 is 17.8 Å². The van der Waals surface area contributed by atoms with Crippen LogP contribution in [0.4, 0.5) is 13.2 Å². The van der Waals surface area contributed by atoms with E-state index >= 15 is 0 Å². The third-order valence-electron chi connectivity index (χ3n) is 3.58. The maximum Gasteiger partial charge on any atom is 0.433 e. The molecule has 4 nitrogen and oxygen atoms in total. The molecule has 0 aliphatic heterocycles. The molecular formula is C17H18F3N3O. The van der Waals surface area contributed by atoms with Crippen molar-refractivity contribution in [2.75, 3.05) is 20.6 Å². The highest BCUT2D eigenvalue weighted by atomic mass is 19.4. The summed E-state index contributed by atoms with van der Waals surface area (Å²) in [4.78, 5) is 17.4. The summed E-state index contributed by atoms with van der Waals surface area (Å²) in [5.41, 5.74) is 0.108. The molecule has 0 fully saturated rings. The number of hydrogen-bond donors (Lipinski definition) is 1. The largest absolute Gasteiger partial charge is 0.433 e. The summed E-state index contributed by atoms with van der Waals surface area (Å²) in [6.45, 7) is 0.330. The standard InChI is InChI=1S/C17H18F3N3O/c1-23(2)14(12-6-4-3-5-7-12)11-22-16(24)13-8-9-15(21-10-13)17(18,19)20/h3-10,14H,11H2,1-2H3,(H,22,24). The van der Waals surface area contributed by atoms with E-state index in [-0.39, 0.29) is 11.6 Å². The van der Waals surface area contributed by atoms with Crippen LogP contribution in [0.25, 0.3) is 0 Å². The van der Waals surface area contributed by atoms with Crippen molar-refractivity contribution in [3.63, 3.8) is 0 Å². The molecule has 0 spiro atoms. The van der Waals surface area contributed by atoms with Crippen molar-refractivity contribution >= 4 is 5.91 Å². The Morgan fingerprint density at radius 1 is 1.17 bits per heavy atom. The van der Waals surface area contributed by atoms with Crippen LogP contribution in [0.1, 0.15) is 27.7 Å². The van der Waals surface area contributed by atoms with Crippen molar-refractivity contribution in [3.05, 3.63) is 65.5 Å². The number of carbonyl (C=O) groups is 1. The van der Waals surface area contributed by atoms with Crippen molar-refractivity contribution in [2.45, 2.75) is 12.2 Å². The van der Waals surface area contributed by atoms with Crippen LogP contribution in [-0.2, 0) is 6.18 Å². The summed E-state index contributed by atoms with van der Waals surface area (Å²) in [5.74, 6) is -0.459. The topological polar surface area (TPSA) is 45.2 Å². The lowest BCUT2D eigenvalue weighted by Crippen LogP contribution is -2.34. The van der Waals surface area contributed by atoms with Crippen molar-refractivity contribution in [1.82, 2.24) is 15.2 Å². The average molecular weight is 337 g/mol. The summed E-state index contributed by atoms with van der Waals surface area (Å²) in [6.07, 6.45) is -3.58. The van der Waals surface area contributed by atoms with Crippen LogP contribution >= 0.6 is 0 Å². The number of benzene rings is 1. The molecule has 0 saturated heterocycles. The van der Waals surface area contributed by atoms with Gasteiger partial charge >= 0.3 is 6.18 Å². The Kier molecular flexibility index (Phi) is 5.56. The molecule has 0 saturated carbocycles. The van der Waals surface area contributed by atoms with Gasteiger partial charge in [-0.25, -0.2) is 0 Å². The number of pyridine rings is 1. The van der Waals surface area contributed by atoms with Gasteiger partial charge in [-0.15, -0.1) is 0 Å². The number of carbonyl (C=O) groups excluding carboxylic acids is 1. The van der Waals surface area contributed by atoms with Crippen molar-refractivity contribution in [1.29, 1.82) is 0 Å². The predicted octanol–water partition coefficient (Wildman–Crippen LogP) is 3.13. The van der Waals surface area contributed by atoms with E-state index in [1.807, 2.05) is 49.3 Å². The van der Waals surface area contributed by atoms with Gasteiger partial charge in [0.2, 0.25) is 0 Å². The number of alkyl halides is 3. The van der Waals surface area contributed by atoms with Crippen molar-refractivity contribution in [3.8, 4) is 0 Å². The summed E-state index contributed by atoms with van der Waals surface area (Å²) >= 11 is 0. The zero-order valence-electron chi connectivity index (χ0n) is 13.3. The van der Waals surface area contributed by atoms with Gasteiger partial charge in [0.15, 0.2) is 0 Å². The van der Waals surface area contributed by atoms with E-state index in [1.54, 1.807) is 0 Å². The minimum Gasteiger partial charge on any atom is -0.350 e. The molecule has 1 N–H and O–H groups in total. The zero-order valence-corrected chi connectivity index (χ0v) is 13.3. The second kappa shape index (κ2) is 7.44. The van der Waals surface area contributed by atoms with E-state index in [9.17, 15) is 18.0 Å². The number of rotatable bonds is 5. The highest BCUT2D eigenvalue weighted by Gasteiger charge is 2.32. The minimum absolute atomic E-state index is 0.0439. The Morgan fingerprint density at radius 2 is 1.83 bits per heavy atom. The predicted molar refractivity (Wildman–Crippen MR) is 84.4 cm³/mol. The number of nitrogens with zero attached hydrogens (tertiary/aromatic N) is 2. The number of hydrogen-bond acceptors (Lipinski definition) is 3. The van der Waals surface area contributed by atoms with Crippen molar-refractivity contribution in [2.24, 2.45) is 0 Å². The average Bonchev–Trinajstić information content (AvgIpc) is 2.55. The maximum absolute atomic E-state index is 12.5. The van der Waals surface area contributed by atoms with E-state index in [2.05, 4.69) is 10.3 Å². The molecule has 7 heteroatoms. The molecule has 24 heavy (non-hydrogen) atoms. The van der Waals surface area contributed by atoms with E-state index in [1.165, 1.54) is 0 Å². The third-order valence-corrected chi connectivity index (χ3v) is 3.58. The fourth-order valence-electron chi connectivity index (χ4n) is 2.26. The first-order chi connectivity index (χ1) is 11.3. The van der Waals surface area contributed by atoms with Crippen molar-refractivity contribution < 1.29 is 18.0 Å². The highest BCUT2D eigenvalue weighted by molar-refractivity contribution is 5.93.